The van der Waals surface area contributed by atoms with E-state index in [9.17, 15) is 0 Å². The number of nitrogens with zero attached hydrogens (tertiary/aromatic N) is 4. The summed E-state index contributed by atoms with van der Waals surface area (Å²) in [6, 6.07) is 69.9. The van der Waals surface area contributed by atoms with E-state index >= 15 is 0 Å². The third-order valence-corrected chi connectivity index (χ3v) is 11.9. The molecular formula is C60H44Ir2N4OS-4. The number of rotatable bonds is 4. The van der Waals surface area contributed by atoms with Crippen LogP contribution in [0.25, 0.3) is 87.1 Å². The van der Waals surface area contributed by atoms with Crippen LogP contribution in [0.1, 0.15) is 22.3 Å². The molecule has 68 heavy (non-hydrogen) atoms. The van der Waals surface area contributed by atoms with Gasteiger partial charge in [-0.25, -0.2) is 0 Å². The molecular weight excluding hydrogens is 1210 g/mol. The fourth-order valence-corrected chi connectivity index (χ4v) is 8.43. The Morgan fingerprint density at radius 1 is 0.382 bits per heavy atom. The standard InChI is InChI=1S/C18H12NO.C18H12NS.2C12H10N.2Ir/c2*1-12-8-9-19-16(10-12)13-6-7-18-15(11-13)14-4-2-3-5-17(14)20-18;2*1-10-7-8-12(13-9-10)11-5-3-2-4-6-11;;/h2*2-5,7-11H,1H3;2*2-5,7-9H,1H3;;/q4*-1;;. The minimum atomic E-state index is 0. The molecule has 6 heterocycles. The van der Waals surface area contributed by atoms with Crippen LogP contribution < -0.4 is 0 Å². The van der Waals surface area contributed by atoms with Crippen LogP contribution in [-0.2, 0) is 40.2 Å². The average Bonchev–Trinajstić information content (AvgIpc) is 3.93. The van der Waals surface area contributed by atoms with E-state index in [-0.39, 0.29) is 40.2 Å². The molecule has 0 saturated heterocycles. The van der Waals surface area contributed by atoms with E-state index in [1.54, 1.807) is 0 Å². The summed E-state index contributed by atoms with van der Waals surface area (Å²) in [7, 11) is 0. The minimum absolute atomic E-state index is 0. The quantitative estimate of drug-likeness (QED) is 0.164. The molecule has 0 amide bonds. The molecule has 0 unspecified atom stereocenters. The normalized spacial score (nSPS) is 10.4. The van der Waals surface area contributed by atoms with Crippen LogP contribution in [0.4, 0.5) is 0 Å². The molecule has 0 aliphatic rings. The van der Waals surface area contributed by atoms with Gasteiger partial charge in [-0.3, -0.25) is 0 Å². The largest absolute Gasteiger partial charge is 0.500 e. The number of benzene rings is 6. The van der Waals surface area contributed by atoms with Crippen LogP contribution >= 0.6 is 11.3 Å². The van der Waals surface area contributed by atoms with Crippen molar-refractivity contribution in [3.8, 4) is 45.0 Å². The molecule has 6 aromatic heterocycles. The molecule has 0 fully saturated rings. The summed E-state index contributed by atoms with van der Waals surface area (Å²) in [5.74, 6) is 0. The zero-order valence-corrected chi connectivity index (χ0v) is 43.4. The molecule has 0 aliphatic carbocycles. The van der Waals surface area contributed by atoms with Gasteiger partial charge in [0.15, 0.2) is 0 Å². The van der Waals surface area contributed by atoms with Gasteiger partial charge in [0.2, 0.25) is 0 Å². The predicted molar refractivity (Wildman–Crippen MR) is 273 cm³/mol. The monoisotopic (exact) mass is 1250 g/mol. The minimum Gasteiger partial charge on any atom is -0.500 e. The molecule has 338 valence electrons. The second kappa shape index (κ2) is 23.3. The van der Waals surface area contributed by atoms with E-state index in [1.165, 1.54) is 42.4 Å². The Hall–Kier alpha value is -6.76. The van der Waals surface area contributed by atoms with Crippen LogP contribution in [-0.4, -0.2) is 19.9 Å². The number of thiophene rings is 1. The van der Waals surface area contributed by atoms with E-state index in [1.807, 2.05) is 147 Å². The Bertz CT molecular complexity index is 3280. The summed E-state index contributed by atoms with van der Waals surface area (Å²) < 4.78 is 8.42. The zero-order valence-electron chi connectivity index (χ0n) is 37.7. The van der Waals surface area contributed by atoms with Gasteiger partial charge in [0.05, 0.1) is 5.58 Å². The molecule has 6 aromatic carbocycles. The van der Waals surface area contributed by atoms with Gasteiger partial charge in [0, 0.05) is 75.1 Å². The van der Waals surface area contributed by atoms with Gasteiger partial charge in [-0.2, -0.15) is 11.3 Å². The molecule has 2 radical (unpaired) electrons. The summed E-state index contributed by atoms with van der Waals surface area (Å²) >= 11 is 1.82. The molecule has 0 atom stereocenters. The first-order chi connectivity index (χ1) is 32.3. The molecule has 5 nitrogen and oxygen atoms in total. The average molecular weight is 1250 g/mol. The first-order valence-corrected chi connectivity index (χ1v) is 22.5. The number of aromatic nitrogens is 4. The van der Waals surface area contributed by atoms with Crippen molar-refractivity contribution in [3.05, 3.63) is 241 Å². The Balaban J connectivity index is 0.000000136. The summed E-state index contributed by atoms with van der Waals surface area (Å²) in [6.45, 7) is 8.22. The number of hydrogen-bond acceptors (Lipinski definition) is 6. The van der Waals surface area contributed by atoms with E-state index in [2.05, 4.69) is 131 Å². The smallest absolute Gasteiger partial charge is 0.120 e. The second-order valence-electron chi connectivity index (χ2n) is 15.9. The SMILES string of the molecule is Cc1ccc(-c2[c-]cccc2)nc1.Cc1ccc(-c2[c-]cccc2)nc1.Cc1ccnc(-c2[c-]cc3oc4ccccc4c3c2)c1.Cc1ccnc(-c2[c-]cc3sc4ccccc4c3c2)c1.[Ir].[Ir]. The number of furan rings is 1. The topological polar surface area (TPSA) is 64.7 Å². The van der Waals surface area contributed by atoms with Gasteiger partial charge in [-0.15, -0.1) is 119 Å². The van der Waals surface area contributed by atoms with Gasteiger partial charge in [-0.1, -0.05) is 94.7 Å². The summed E-state index contributed by atoms with van der Waals surface area (Å²) in [5.41, 5.74) is 14.6. The number of fused-ring (bicyclic) bond motifs is 6. The van der Waals surface area contributed by atoms with E-state index in [0.29, 0.717) is 0 Å². The molecule has 12 rings (SSSR count). The van der Waals surface area contributed by atoms with Crippen LogP contribution in [0.15, 0.2) is 199 Å². The van der Waals surface area contributed by atoms with Crippen molar-refractivity contribution in [2.45, 2.75) is 27.7 Å². The van der Waals surface area contributed by atoms with Crippen molar-refractivity contribution in [1.82, 2.24) is 19.9 Å². The maximum absolute atomic E-state index is 5.82. The summed E-state index contributed by atoms with van der Waals surface area (Å²) in [6.07, 6.45) is 7.43. The first kappa shape index (κ1) is 49.2. The van der Waals surface area contributed by atoms with E-state index in [0.717, 1.165) is 67.0 Å². The van der Waals surface area contributed by atoms with Crippen LogP contribution in [0.2, 0.25) is 0 Å². The van der Waals surface area contributed by atoms with E-state index < -0.39 is 0 Å². The summed E-state index contributed by atoms with van der Waals surface area (Å²) in [4.78, 5) is 17.5. The molecule has 0 saturated carbocycles. The van der Waals surface area contributed by atoms with E-state index in [4.69, 9.17) is 4.42 Å². The maximum Gasteiger partial charge on any atom is 0.120 e. The Labute approximate surface area is 428 Å². The fourth-order valence-electron chi connectivity index (χ4n) is 7.36. The number of para-hydroxylation sites is 1. The third kappa shape index (κ3) is 12.0. The molecule has 0 spiro atoms. The van der Waals surface area contributed by atoms with Crippen LogP contribution in [0, 0.1) is 52.0 Å². The van der Waals surface area contributed by atoms with Gasteiger partial charge < -0.3 is 24.4 Å². The number of aryl methyl sites for hydroxylation is 4. The predicted octanol–water partition coefficient (Wildman–Crippen LogP) is 15.7. The Morgan fingerprint density at radius 3 is 1.46 bits per heavy atom. The molecule has 0 bridgehead atoms. The van der Waals surface area contributed by atoms with Crippen molar-refractivity contribution in [1.29, 1.82) is 0 Å². The van der Waals surface area contributed by atoms with Crippen LogP contribution in [0.5, 0.6) is 0 Å². The van der Waals surface area contributed by atoms with Crippen molar-refractivity contribution >= 4 is 53.4 Å². The Morgan fingerprint density at radius 2 is 0.912 bits per heavy atom. The number of pyridine rings is 4. The maximum atomic E-state index is 5.82. The summed E-state index contributed by atoms with van der Waals surface area (Å²) in [5, 5.41) is 4.85. The fraction of sp³-hybridized carbons (Fsp3) is 0.0667. The molecule has 8 heteroatoms. The van der Waals surface area contributed by atoms with Gasteiger partial charge in [0.1, 0.15) is 5.58 Å². The molecule has 0 N–H and O–H groups in total. The third-order valence-electron chi connectivity index (χ3n) is 10.8. The van der Waals surface area contributed by atoms with Crippen LogP contribution in [0.3, 0.4) is 0 Å². The van der Waals surface area contributed by atoms with Gasteiger partial charge in [-0.05, 0) is 95.9 Å². The van der Waals surface area contributed by atoms with Crippen molar-refractivity contribution < 1.29 is 44.6 Å². The first-order valence-electron chi connectivity index (χ1n) is 21.7. The second-order valence-corrected chi connectivity index (χ2v) is 17.0. The Kier molecular flexibility index (Phi) is 16.8. The van der Waals surface area contributed by atoms with Crippen molar-refractivity contribution in [2.75, 3.05) is 0 Å². The molecule has 0 aliphatic heterocycles. The van der Waals surface area contributed by atoms with Gasteiger partial charge in [0.25, 0.3) is 0 Å². The van der Waals surface area contributed by atoms with Crippen molar-refractivity contribution in [3.63, 3.8) is 0 Å². The number of hydrogen-bond donors (Lipinski definition) is 0. The van der Waals surface area contributed by atoms with Crippen molar-refractivity contribution in [2.24, 2.45) is 0 Å². The zero-order chi connectivity index (χ0) is 45.2. The molecule has 12 aromatic rings. The van der Waals surface area contributed by atoms with Gasteiger partial charge >= 0.3 is 0 Å².